The Bertz CT molecular complexity index is 140. The molecule has 0 bridgehead atoms. The Morgan fingerprint density at radius 2 is 2.42 bits per heavy atom. The van der Waals surface area contributed by atoms with Gasteiger partial charge in [0.05, 0.1) is 12.2 Å². The average molecular weight is 237 g/mol. The molecule has 1 saturated heterocycles. The van der Waals surface area contributed by atoms with Gasteiger partial charge in [-0.2, -0.15) is 0 Å². The molecule has 1 rings (SSSR count). The molecule has 0 amide bonds. The maximum Gasteiger partial charge on any atom is 0.0804 e. The smallest absolute Gasteiger partial charge is 0.0804 e. The topological polar surface area (TPSA) is 18.5 Å². The molecule has 0 aromatic carbocycles. The second-order valence-corrected chi connectivity index (χ2v) is 4.24. The Labute approximate surface area is 82.7 Å². The van der Waals surface area contributed by atoms with Crippen molar-refractivity contribution in [2.75, 3.05) is 25.7 Å². The van der Waals surface area contributed by atoms with Gasteiger partial charge in [-0.3, -0.25) is 0 Å². The van der Waals surface area contributed by atoms with Crippen molar-refractivity contribution in [3.63, 3.8) is 0 Å². The lowest BCUT2D eigenvalue weighted by molar-refractivity contribution is -0.000415. The van der Waals surface area contributed by atoms with Gasteiger partial charge in [0.2, 0.25) is 0 Å². The summed E-state index contributed by atoms with van der Waals surface area (Å²) in [5, 5.41) is 0.924. The molecule has 0 saturated carbocycles. The Hall–Kier alpha value is 0.400. The molecule has 0 spiro atoms. The first-order chi connectivity index (χ1) is 5.72. The van der Waals surface area contributed by atoms with E-state index < -0.39 is 0 Å². The van der Waals surface area contributed by atoms with Crippen molar-refractivity contribution in [1.82, 2.24) is 0 Å². The minimum absolute atomic E-state index is 0.0510. The van der Waals surface area contributed by atoms with Crippen molar-refractivity contribution in [3.05, 3.63) is 0 Å². The summed E-state index contributed by atoms with van der Waals surface area (Å²) < 4.78 is 10.8. The molecular weight excluding hydrogens is 220 g/mol. The second kappa shape index (κ2) is 4.58. The van der Waals surface area contributed by atoms with Crippen LogP contribution in [0.5, 0.6) is 0 Å². The summed E-state index contributed by atoms with van der Waals surface area (Å²) in [5.74, 6) is 0.694. The van der Waals surface area contributed by atoms with E-state index in [1.807, 2.05) is 0 Å². The van der Waals surface area contributed by atoms with E-state index in [4.69, 9.17) is 9.47 Å². The first kappa shape index (κ1) is 10.5. The number of methoxy groups -OCH3 is 1. The lowest BCUT2D eigenvalue weighted by atomic mass is 9.94. The molecule has 2 atom stereocenters. The van der Waals surface area contributed by atoms with Crippen molar-refractivity contribution in [2.45, 2.75) is 25.4 Å². The summed E-state index contributed by atoms with van der Waals surface area (Å²) in [6.45, 7) is 3.92. The first-order valence-electron chi connectivity index (χ1n) is 4.41. The largest absolute Gasteiger partial charge is 0.385 e. The third-order valence-electron chi connectivity index (χ3n) is 2.40. The third-order valence-corrected chi connectivity index (χ3v) is 3.42. The molecule has 1 aliphatic rings. The van der Waals surface area contributed by atoms with Gasteiger partial charge in [0.15, 0.2) is 0 Å². The summed E-state index contributed by atoms with van der Waals surface area (Å²) >= 11 is 3.51. The Kier molecular flexibility index (Phi) is 4.00. The molecule has 72 valence electrons. The highest BCUT2D eigenvalue weighted by atomic mass is 79.9. The van der Waals surface area contributed by atoms with Crippen LogP contribution >= 0.6 is 15.9 Å². The van der Waals surface area contributed by atoms with E-state index in [0.717, 1.165) is 31.4 Å². The molecular formula is C9H17BrO2. The Morgan fingerprint density at radius 1 is 1.67 bits per heavy atom. The minimum atomic E-state index is 0.0510. The van der Waals surface area contributed by atoms with Gasteiger partial charge >= 0.3 is 0 Å². The van der Waals surface area contributed by atoms with Crippen molar-refractivity contribution in [2.24, 2.45) is 5.92 Å². The Morgan fingerprint density at radius 3 is 2.83 bits per heavy atom. The lowest BCUT2D eigenvalue weighted by Crippen LogP contribution is -2.31. The molecule has 1 aliphatic heterocycles. The van der Waals surface area contributed by atoms with Gasteiger partial charge in [0.1, 0.15) is 0 Å². The van der Waals surface area contributed by atoms with Gasteiger partial charge in [0.25, 0.3) is 0 Å². The molecule has 12 heavy (non-hydrogen) atoms. The number of halogens is 1. The van der Waals surface area contributed by atoms with Gasteiger partial charge < -0.3 is 9.47 Å². The molecule has 1 fully saturated rings. The summed E-state index contributed by atoms with van der Waals surface area (Å²) in [6.07, 6.45) is 2.15. The molecule has 0 aromatic rings. The minimum Gasteiger partial charge on any atom is -0.385 e. The number of ether oxygens (including phenoxy) is 2. The van der Waals surface area contributed by atoms with Crippen LogP contribution in [0.1, 0.15) is 19.8 Å². The van der Waals surface area contributed by atoms with Gasteiger partial charge in [-0.05, 0) is 12.3 Å². The van der Waals surface area contributed by atoms with Crippen molar-refractivity contribution >= 4 is 15.9 Å². The van der Waals surface area contributed by atoms with Crippen LogP contribution in [0.25, 0.3) is 0 Å². The van der Waals surface area contributed by atoms with Crippen LogP contribution in [0.2, 0.25) is 0 Å². The van der Waals surface area contributed by atoms with Gasteiger partial charge in [-0.15, -0.1) is 0 Å². The normalized spacial score (nSPS) is 35.8. The van der Waals surface area contributed by atoms with Crippen molar-refractivity contribution in [3.8, 4) is 0 Å². The van der Waals surface area contributed by atoms with Gasteiger partial charge in [0, 0.05) is 25.5 Å². The predicted octanol–water partition coefficient (Wildman–Crippen LogP) is 2.21. The van der Waals surface area contributed by atoms with E-state index in [1.54, 1.807) is 7.11 Å². The zero-order valence-corrected chi connectivity index (χ0v) is 9.39. The molecule has 0 radical (unpaired) electrons. The monoisotopic (exact) mass is 236 g/mol. The van der Waals surface area contributed by atoms with E-state index in [-0.39, 0.29) is 5.60 Å². The number of alkyl halides is 1. The van der Waals surface area contributed by atoms with Crippen molar-refractivity contribution in [1.29, 1.82) is 0 Å². The molecule has 2 nitrogen and oxygen atoms in total. The molecule has 0 aromatic heterocycles. The second-order valence-electron chi connectivity index (χ2n) is 3.68. The predicted molar refractivity (Wildman–Crippen MR) is 52.8 cm³/mol. The van der Waals surface area contributed by atoms with E-state index in [1.165, 1.54) is 0 Å². The molecule has 0 N–H and O–H groups in total. The summed E-state index contributed by atoms with van der Waals surface area (Å²) in [6, 6.07) is 0. The highest BCUT2D eigenvalue weighted by Crippen LogP contribution is 2.34. The zero-order chi connectivity index (χ0) is 9.03. The molecule has 1 heterocycles. The van der Waals surface area contributed by atoms with Crippen LogP contribution in [0, 0.1) is 5.92 Å². The van der Waals surface area contributed by atoms with Crippen LogP contribution in [0.15, 0.2) is 0 Å². The number of hydrogen-bond acceptors (Lipinski definition) is 2. The van der Waals surface area contributed by atoms with Gasteiger partial charge in [-0.25, -0.2) is 0 Å². The van der Waals surface area contributed by atoms with E-state index in [0.29, 0.717) is 5.92 Å². The first-order valence-corrected chi connectivity index (χ1v) is 5.53. The summed E-state index contributed by atoms with van der Waals surface area (Å²) in [7, 11) is 1.74. The average Bonchev–Trinajstić information content (AvgIpc) is 2.45. The van der Waals surface area contributed by atoms with Crippen LogP contribution < -0.4 is 0 Å². The van der Waals surface area contributed by atoms with Gasteiger partial charge in [-0.1, -0.05) is 22.9 Å². The summed E-state index contributed by atoms with van der Waals surface area (Å²) in [5.41, 5.74) is 0.0510. The lowest BCUT2D eigenvalue weighted by Gasteiger charge is -2.25. The zero-order valence-electron chi connectivity index (χ0n) is 7.81. The van der Waals surface area contributed by atoms with Crippen LogP contribution in [-0.2, 0) is 9.47 Å². The van der Waals surface area contributed by atoms with Crippen LogP contribution in [0.3, 0.4) is 0 Å². The maximum absolute atomic E-state index is 5.78. The Balaban J connectivity index is 2.41. The quantitative estimate of drug-likeness (QED) is 0.698. The van der Waals surface area contributed by atoms with Crippen molar-refractivity contribution < 1.29 is 9.47 Å². The standard InChI is InChI=1S/C9H17BrO2/c1-8-5-9(7-10,12-6-8)3-4-11-2/h8H,3-7H2,1-2H3. The summed E-state index contributed by atoms with van der Waals surface area (Å²) in [4.78, 5) is 0. The van der Waals surface area contributed by atoms with E-state index in [2.05, 4.69) is 22.9 Å². The van der Waals surface area contributed by atoms with E-state index >= 15 is 0 Å². The van der Waals surface area contributed by atoms with Crippen LogP contribution in [-0.4, -0.2) is 31.3 Å². The number of rotatable bonds is 4. The van der Waals surface area contributed by atoms with Crippen LogP contribution in [0.4, 0.5) is 0 Å². The SMILES string of the molecule is COCCC1(CBr)CC(C)CO1. The fourth-order valence-electron chi connectivity index (χ4n) is 1.69. The number of hydrogen-bond donors (Lipinski definition) is 0. The molecule has 0 aliphatic carbocycles. The maximum atomic E-state index is 5.78. The molecule has 2 unspecified atom stereocenters. The molecule has 3 heteroatoms. The highest BCUT2D eigenvalue weighted by Gasteiger charge is 2.37. The fraction of sp³-hybridized carbons (Fsp3) is 1.00. The fourth-order valence-corrected chi connectivity index (χ4v) is 2.37. The third kappa shape index (κ3) is 2.44. The van der Waals surface area contributed by atoms with E-state index in [9.17, 15) is 0 Å². The highest BCUT2D eigenvalue weighted by molar-refractivity contribution is 9.09.